The van der Waals surface area contributed by atoms with E-state index in [4.69, 9.17) is 18.9 Å². The summed E-state index contributed by atoms with van der Waals surface area (Å²) >= 11 is 3.42. The van der Waals surface area contributed by atoms with Gasteiger partial charge in [-0.3, -0.25) is 0 Å². The minimum atomic E-state index is -1.17. The molecule has 1 aromatic carbocycles. The molecule has 1 unspecified atom stereocenters. The van der Waals surface area contributed by atoms with E-state index < -0.39 is 11.9 Å². The summed E-state index contributed by atoms with van der Waals surface area (Å²) in [5.74, 6) is 1.16. The molecule has 0 fully saturated rings. The van der Waals surface area contributed by atoms with Gasteiger partial charge < -0.3 is 24.1 Å². The van der Waals surface area contributed by atoms with Crippen LogP contribution in [0, 0.1) is 0 Å². The summed E-state index contributed by atoms with van der Waals surface area (Å²) in [5, 5.41) is 10.7. The van der Waals surface area contributed by atoms with Crippen LogP contribution in [0.15, 0.2) is 16.6 Å². The molecular formula is C14H21BrO5. The normalized spacial score (nSPS) is 14.2. The van der Waals surface area contributed by atoms with Gasteiger partial charge in [0.05, 0.1) is 19.8 Å². The quantitative estimate of drug-likeness (QED) is 0.767. The van der Waals surface area contributed by atoms with Gasteiger partial charge in [0.25, 0.3) is 0 Å². The van der Waals surface area contributed by atoms with E-state index in [1.54, 1.807) is 33.3 Å². The number of halogens is 1. The maximum atomic E-state index is 10.7. The van der Waals surface area contributed by atoms with Gasteiger partial charge in [0.15, 0.2) is 6.29 Å². The van der Waals surface area contributed by atoms with Crippen LogP contribution in [-0.4, -0.2) is 39.8 Å². The van der Waals surface area contributed by atoms with Crippen LogP contribution in [0.4, 0.5) is 0 Å². The average molecular weight is 349 g/mol. The highest BCUT2D eigenvalue weighted by Crippen LogP contribution is 2.42. The van der Waals surface area contributed by atoms with Gasteiger partial charge in [0, 0.05) is 26.2 Å². The fraction of sp³-hybridized carbons (Fsp3) is 0.571. The van der Waals surface area contributed by atoms with Gasteiger partial charge in [0.1, 0.15) is 16.0 Å². The summed E-state index contributed by atoms with van der Waals surface area (Å²) in [7, 11) is 6.18. The molecule has 0 saturated heterocycles. The second-order valence-corrected chi connectivity index (χ2v) is 5.33. The first-order chi connectivity index (χ1) is 9.41. The molecule has 1 atom stereocenters. The Morgan fingerprint density at radius 3 is 2.20 bits per heavy atom. The van der Waals surface area contributed by atoms with Crippen LogP contribution in [0.5, 0.6) is 11.5 Å². The van der Waals surface area contributed by atoms with E-state index in [0.29, 0.717) is 21.5 Å². The summed E-state index contributed by atoms with van der Waals surface area (Å²) in [4.78, 5) is 0. The van der Waals surface area contributed by atoms with Crippen LogP contribution in [0.25, 0.3) is 0 Å². The molecule has 0 aromatic heterocycles. The van der Waals surface area contributed by atoms with Crippen molar-refractivity contribution in [2.75, 3.05) is 28.4 Å². The molecule has 1 rings (SSSR count). The molecule has 0 aliphatic rings. The molecule has 0 bridgehead atoms. The highest BCUT2D eigenvalue weighted by molar-refractivity contribution is 9.10. The Bertz CT molecular complexity index is 443. The summed E-state index contributed by atoms with van der Waals surface area (Å²) in [6, 6.07) is 3.54. The molecule has 0 radical (unpaired) electrons. The number of hydrogen-bond acceptors (Lipinski definition) is 5. The molecule has 0 saturated carbocycles. The number of hydrogen-bond donors (Lipinski definition) is 1. The van der Waals surface area contributed by atoms with E-state index >= 15 is 0 Å². The van der Waals surface area contributed by atoms with Gasteiger partial charge in [-0.1, -0.05) is 0 Å². The molecule has 0 heterocycles. The molecule has 0 amide bonds. The van der Waals surface area contributed by atoms with Crippen molar-refractivity contribution in [1.82, 2.24) is 0 Å². The van der Waals surface area contributed by atoms with Crippen molar-refractivity contribution in [3.63, 3.8) is 0 Å². The Morgan fingerprint density at radius 2 is 1.75 bits per heavy atom. The van der Waals surface area contributed by atoms with Crippen LogP contribution in [0.1, 0.15) is 18.9 Å². The van der Waals surface area contributed by atoms with Crippen molar-refractivity contribution in [1.29, 1.82) is 0 Å². The Morgan fingerprint density at radius 1 is 1.15 bits per heavy atom. The second-order valence-electron chi connectivity index (χ2n) is 4.54. The van der Waals surface area contributed by atoms with Crippen LogP contribution in [0.3, 0.4) is 0 Å². The van der Waals surface area contributed by atoms with Gasteiger partial charge in [-0.25, -0.2) is 0 Å². The fourth-order valence-electron chi connectivity index (χ4n) is 2.02. The van der Waals surface area contributed by atoms with E-state index in [0.717, 1.165) is 0 Å². The standard InChI is InChI=1S/C14H21BrO5/c1-14(16,8-11(18-3)19-4)9-6-7-10(17-2)12(15)13(9)20-5/h6-7,11,16H,8H2,1-5H3. The monoisotopic (exact) mass is 348 g/mol. The zero-order chi connectivity index (χ0) is 15.3. The molecule has 0 spiro atoms. The lowest BCUT2D eigenvalue weighted by Crippen LogP contribution is -2.30. The highest BCUT2D eigenvalue weighted by atomic mass is 79.9. The summed E-state index contributed by atoms with van der Waals surface area (Å²) < 4.78 is 21.6. The maximum Gasteiger partial charge on any atom is 0.159 e. The fourth-order valence-corrected chi connectivity index (χ4v) is 2.69. The molecule has 20 heavy (non-hydrogen) atoms. The van der Waals surface area contributed by atoms with E-state index in [-0.39, 0.29) is 6.42 Å². The van der Waals surface area contributed by atoms with E-state index in [2.05, 4.69) is 15.9 Å². The van der Waals surface area contributed by atoms with Crippen molar-refractivity contribution in [3.05, 3.63) is 22.2 Å². The van der Waals surface area contributed by atoms with Crippen LogP contribution < -0.4 is 9.47 Å². The van der Waals surface area contributed by atoms with Crippen molar-refractivity contribution >= 4 is 15.9 Å². The van der Waals surface area contributed by atoms with Crippen LogP contribution in [0.2, 0.25) is 0 Å². The molecule has 6 heteroatoms. The minimum absolute atomic E-state index is 0.273. The number of aliphatic hydroxyl groups is 1. The largest absolute Gasteiger partial charge is 0.495 e. The summed E-state index contributed by atoms with van der Waals surface area (Å²) in [5.41, 5.74) is -0.539. The maximum absolute atomic E-state index is 10.7. The third kappa shape index (κ3) is 3.63. The van der Waals surface area contributed by atoms with Gasteiger partial charge in [-0.05, 0) is 35.0 Å². The Balaban J connectivity index is 3.20. The number of ether oxygens (including phenoxy) is 4. The second kappa shape index (κ2) is 7.26. The van der Waals surface area contributed by atoms with Gasteiger partial charge in [-0.2, -0.15) is 0 Å². The van der Waals surface area contributed by atoms with Crippen molar-refractivity contribution in [3.8, 4) is 11.5 Å². The lowest BCUT2D eigenvalue weighted by Gasteiger charge is -2.29. The minimum Gasteiger partial charge on any atom is -0.495 e. The zero-order valence-electron chi connectivity index (χ0n) is 12.4. The van der Waals surface area contributed by atoms with Crippen LogP contribution >= 0.6 is 15.9 Å². The van der Waals surface area contributed by atoms with Crippen molar-refractivity contribution in [2.24, 2.45) is 0 Å². The van der Waals surface area contributed by atoms with E-state index in [9.17, 15) is 5.11 Å². The summed E-state index contributed by atoms with van der Waals surface area (Å²) in [6.07, 6.45) is -0.231. The molecule has 1 N–H and O–H groups in total. The number of rotatable bonds is 7. The highest BCUT2D eigenvalue weighted by Gasteiger charge is 2.32. The first-order valence-corrected chi connectivity index (χ1v) is 6.89. The zero-order valence-corrected chi connectivity index (χ0v) is 14.0. The van der Waals surface area contributed by atoms with Gasteiger partial charge in [-0.15, -0.1) is 0 Å². The first kappa shape index (κ1) is 17.2. The molecule has 0 aliphatic carbocycles. The topological polar surface area (TPSA) is 57.2 Å². The SMILES string of the molecule is COc1ccc(C(C)(O)CC(OC)OC)c(OC)c1Br. The predicted molar refractivity (Wildman–Crippen MR) is 79.2 cm³/mol. The Kier molecular flexibility index (Phi) is 6.26. The smallest absolute Gasteiger partial charge is 0.159 e. The predicted octanol–water partition coefficient (Wildman–Crippen LogP) is 2.68. The third-order valence-electron chi connectivity index (χ3n) is 3.16. The van der Waals surface area contributed by atoms with Gasteiger partial charge in [0.2, 0.25) is 0 Å². The van der Waals surface area contributed by atoms with Crippen molar-refractivity contribution in [2.45, 2.75) is 25.2 Å². The van der Waals surface area contributed by atoms with E-state index in [1.165, 1.54) is 14.2 Å². The molecular weight excluding hydrogens is 328 g/mol. The summed E-state index contributed by atoms with van der Waals surface area (Å²) in [6.45, 7) is 1.69. The Labute approximate surface area is 127 Å². The number of benzene rings is 1. The molecule has 0 aliphatic heterocycles. The first-order valence-electron chi connectivity index (χ1n) is 6.10. The Hall–Kier alpha value is -0.820. The van der Waals surface area contributed by atoms with E-state index in [1.807, 2.05) is 0 Å². The third-order valence-corrected chi connectivity index (χ3v) is 3.91. The number of methoxy groups -OCH3 is 4. The molecule has 5 nitrogen and oxygen atoms in total. The lowest BCUT2D eigenvalue weighted by atomic mass is 9.91. The molecule has 1 aromatic rings. The van der Waals surface area contributed by atoms with Gasteiger partial charge >= 0.3 is 0 Å². The molecule has 114 valence electrons. The van der Waals surface area contributed by atoms with Crippen LogP contribution in [-0.2, 0) is 15.1 Å². The van der Waals surface area contributed by atoms with Crippen molar-refractivity contribution < 1.29 is 24.1 Å². The lowest BCUT2D eigenvalue weighted by molar-refractivity contribution is -0.142. The average Bonchev–Trinajstić information content (AvgIpc) is 2.44.